The number of benzene rings is 2. The van der Waals surface area contributed by atoms with Crippen LogP contribution in [0.5, 0.6) is 0 Å². The molecule has 3 rings (SSSR count). The maximum Gasteiger partial charge on any atom is 0.414 e. The number of hydrogen-bond donors (Lipinski definition) is 4. The number of nitrogens with zero attached hydrogens (tertiary/aromatic N) is 1. The lowest BCUT2D eigenvalue weighted by Gasteiger charge is -2.22. The van der Waals surface area contributed by atoms with Gasteiger partial charge in [-0.05, 0) is 76.6 Å². The predicted molar refractivity (Wildman–Crippen MR) is 160 cm³/mol. The second-order valence-electron chi connectivity index (χ2n) is 12.0. The van der Waals surface area contributed by atoms with E-state index in [0.717, 1.165) is 22.3 Å². The molecule has 0 bridgehead atoms. The molecule has 4 N–H and O–H groups in total. The number of ether oxygens (including phenoxy) is 3. The third-order valence-electron chi connectivity index (χ3n) is 6.09. The second-order valence-corrected chi connectivity index (χ2v) is 12.0. The van der Waals surface area contributed by atoms with Gasteiger partial charge in [0.2, 0.25) is 5.96 Å². The van der Waals surface area contributed by atoms with E-state index in [1.807, 2.05) is 48.5 Å². The number of carboxylic acids is 1. The summed E-state index contributed by atoms with van der Waals surface area (Å²) in [4.78, 5) is 53.1. The number of carbonyl (C=O) groups is 4. The highest BCUT2D eigenvalue weighted by atomic mass is 16.6. The Bertz CT molecular complexity index is 1280. The molecular formula is C31H40N4O8. The van der Waals surface area contributed by atoms with Crippen LogP contribution in [0.4, 0.5) is 14.4 Å². The molecule has 0 fully saturated rings. The minimum absolute atomic E-state index is 0.00911. The lowest BCUT2D eigenvalue weighted by Crippen LogP contribution is -2.47. The van der Waals surface area contributed by atoms with Gasteiger partial charge in [0, 0.05) is 12.5 Å². The summed E-state index contributed by atoms with van der Waals surface area (Å²) in [5.41, 5.74) is 2.66. The molecule has 0 saturated heterocycles. The SMILES string of the molecule is CC(C)(C)OC(=O)NC(=NCCC[C@@H](NC(=O)OCC1c2ccccc2-c2ccccc21)C(=O)O)NC(=O)OC(C)(C)C. The van der Waals surface area contributed by atoms with E-state index in [9.17, 15) is 24.3 Å². The number of aliphatic imine (C=N–C) groups is 1. The standard InChI is InChI=1S/C31H40N4O8/c1-30(2,3)42-28(39)34-26(35-29(40)43-31(4,5)6)32-17-11-16-24(25(36)37)33-27(38)41-18-23-21-14-9-7-12-19(21)20-13-8-10-15-22(20)23/h7-10,12-15,23-24H,11,16-18H2,1-6H3,(H,33,38)(H,36,37)(H2,32,34,35,39,40)/t24-/m1/s1. The highest BCUT2D eigenvalue weighted by molar-refractivity contribution is 6.01. The first-order valence-corrected chi connectivity index (χ1v) is 14.0. The largest absolute Gasteiger partial charge is 0.480 e. The van der Waals surface area contributed by atoms with Crippen molar-refractivity contribution in [3.8, 4) is 11.1 Å². The Morgan fingerprint density at radius 3 is 1.77 bits per heavy atom. The number of carbonyl (C=O) groups excluding carboxylic acids is 3. The molecule has 0 saturated carbocycles. The number of hydrogen-bond acceptors (Lipinski definition) is 8. The van der Waals surface area contributed by atoms with Crippen LogP contribution in [0, 0.1) is 0 Å². The quantitative estimate of drug-likeness (QED) is 0.140. The maximum absolute atomic E-state index is 12.6. The van der Waals surface area contributed by atoms with Gasteiger partial charge in [-0.2, -0.15) is 0 Å². The van der Waals surface area contributed by atoms with Crippen molar-refractivity contribution in [3.63, 3.8) is 0 Å². The van der Waals surface area contributed by atoms with Gasteiger partial charge in [-0.25, -0.2) is 19.2 Å². The molecule has 2 aromatic rings. The Morgan fingerprint density at radius 2 is 1.30 bits per heavy atom. The average Bonchev–Trinajstić information content (AvgIpc) is 3.20. The van der Waals surface area contributed by atoms with Gasteiger partial charge in [0.15, 0.2) is 0 Å². The van der Waals surface area contributed by atoms with Crippen LogP contribution in [-0.2, 0) is 19.0 Å². The number of rotatable bonds is 8. The molecule has 2 aromatic carbocycles. The zero-order valence-electron chi connectivity index (χ0n) is 25.4. The van der Waals surface area contributed by atoms with E-state index in [4.69, 9.17) is 14.2 Å². The fourth-order valence-electron chi connectivity index (χ4n) is 4.44. The molecule has 1 aliphatic rings. The van der Waals surface area contributed by atoms with E-state index in [1.165, 1.54) is 0 Å². The zero-order valence-corrected chi connectivity index (χ0v) is 25.4. The fourth-order valence-corrected chi connectivity index (χ4v) is 4.44. The van der Waals surface area contributed by atoms with E-state index in [-0.39, 0.29) is 37.9 Å². The van der Waals surface area contributed by atoms with Gasteiger partial charge < -0.3 is 24.6 Å². The first kappa shape index (κ1) is 32.9. The molecule has 12 heteroatoms. The molecule has 0 unspecified atom stereocenters. The minimum Gasteiger partial charge on any atom is -0.480 e. The first-order chi connectivity index (χ1) is 20.1. The normalized spacial score (nSPS) is 13.1. The van der Waals surface area contributed by atoms with Crippen molar-refractivity contribution in [2.75, 3.05) is 13.2 Å². The van der Waals surface area contributed by atoms with Crippen LogP contribution in [0.1, 0.15) is 71.4 Å². The summed E-state index contributed by atoms with van der Waals surface area (Å²) in [5, 5.41) is 16.8. The molecule has 232 valence electrons. The Kier molecular flexibility index (Phi) is 10.7. The van der Waals surface area contributed by atoms with E-state index in [1.54, 1.807) is 41.5 Å². The van der Waals surface area contributed by atoms with E-state index in [2.05, 4.69) is 20.9 Å². The molecule has 0 aliphatic heterocycles. The van der Waals surface area contributed by atoms with E-state index in [0.29, 0.717) is 0 Å². The maximum atomic E-state index is 12.6. The summed E-state index contributed by atoms with van der Waals surface area (Å²) >= 11 is 0. The van der Waals surface area contributed by atoms with Crippen LogP contribution < -0.4 is 16.0 Å². The summed E-state index contributed by atoms with van der Waals surface area (Å²) < 4.78 is 15.9. The molecule has 3 amide bonds. The van der Waals surface area contributed by atoms with Gasteiger partial charge >= 0.3 is 24.2 Å². The Morgan fingerprint density at radius 1 is 0.814 bits per heavy atom. The molecule has 0 aromatic heterocycles. The first-order valence-electron chi connectivity index (χ1n) is 14.0. The predicted octanol–water partition coefficient (Wildman–Crippen LogP) is 5.16. The molecule has 0 spiro atoms. The van der Waals surface area contributed by atoms with Crippen molar-refractivity contribution in [1.29, 1.82) is 0 Å². The Labute approximate surface area is 251 Å². The number of aliphatic carboxylic acids is 1. The number of amides is 3. The van der Waals surface area contributed by atoms with Crippen molar-refractivity contribution in [1.82, 2.24) is 16.0 Å². The van der Waals surface area contributed by atoms with Crippen LogP contribution in [0.2, 0.25) is 0 Å². The minimum atomic E-state index is -1.24. The Balaban J connectivity index is 1.56. The lowest BCUT2D eigenvalue weighted by molar-refractivity contribution is -0.139. The van der Waals surface area contributed by atoms with E-state index >= 15 is 0 Å². The number of fused-ring (bicyclic) bond motifs is 3. The number of nitrogens with one attached hydrogen (secondary N) is 3. The van der Waals surface area contributed by atoms with Crippen molar-refractivity contribution in [2.45, 2.75) is 77.5 Å². The molecular weight excluding hydrogens is 556 g/mol. The van der Waals surface area contributed by atoms with Gasteiger partial charge in [0.25, 0.3) is 0 Å². The van der Waals surface area contributed by atoms with Crippen molar-refractivity contribution in [3.05, 3.63) is 59.7 Å². The van der Waals surface area contributed by atoms with Gasteiger partial charge in [-0.15, -0.1) is 0 Å². The van der Waals surface area contributed by atoms with Gasteiger partial charge in [0.05, 0.1) is 0 Å². The Hall–Kier alpha value is -4.61. The van der Waals surface area contributed by atoms with Crippen LogP contribution in [0.3, 0.4) is 0 Å². The zero-order chi connectivity index (χ0) is 31.8. The van der Waals surface area contributed by atoms with Gasteiger partial charge in [0.1, 0.15) is 23.9 Å². The average molecular weight is 597 g/mol. The lowest BCUT2D eigenvalue weighted by atomic mass is 9.98. The van der Waals surface area contributed by atoms with E-state index < -0.39 is 41.5 Å². The monoisotopic (exact) mass is 596 g/mol. The van der Waals surface area contributed by atoms with Crippen LogP contribution in [0.25, 0.3) is 11.1 Å². The van der Waals surface area contributed by atoms with Crippen molar-refractivity contribution < 1.29 is 38.5 Å². The molecule has 43 heavy (non-hydrogen) atoms. The highest BCUT2D eigenvalue weighted by Crippen LogP contribution is 2.44. The highest BCUT2D eigenvalue weighted by Gasteiger charge is 2.30. The third kappa shape index (κ3) is 10.3. The van der Waals surface area contributed by atoms with Crippen molar-refractivity contribution in [2.24, 2.45) is 4.99 Å². The molecule has 0 heterocycles. The summed E-state index contributed by atoms with van der Waals surface area (Å²) in [6, 6.07) is 14.6. The molecule has 1 atom stereocenters. The third-order valence-corrected chi connectivity index (χ3v) is 6.09. The van der Waals surface area contributed by atoms with Crippen LogP contribution in [-0.4, -0.2) is 65.7 Å². The van der Waals surface area contributed by atoms with Crippen LogP contribution in [0.15, 0.2) is 53.5 Å². The van der Waals surface area contributed by atoms with Gasteiger partial charge in [-0.3, -0.25) is 15.6 Å². The molecule has 0 radical (unpaired) electrons. The van der Waals surface area contributed by atoms with Crippen LogP contribution >= 0.6 is 0 Å². The topological polar surface area (TPSA) is 165 Å². The molecule has 1 aliphatic carbocycles. The summed E-state index contributed by atoms with van der Waals surface area (Å²) in [7, 11) is 0. The fraction of sp³-hybridized carbons (Fsp3) is 0.452. The van der Waals surface area contributed by atoms with Crippen molar-refractivity contribution >= 4 is 30.2 Å². The smallest absolute Gasteiger partial charge is 0.414 e. The summed E-state index contributed by atoms with van der Waals surface area (Å²) in [6.07, 6.45) is -2.34. The second kappa shape index (κ2) is 14.0. The van der Waals surface area contributed by atoms with Gasteiger partial charge in [-0.1, -0.05) is 48.5 Å². The summed E-state index contributed by atoms with van der Waals surface area (Å²) in [6.45, 7) is 10.1. The number of guanidine groups is 1. The number of carboxylic acid groups (broad SMARTS) is 1. The summed E-state index contributed by atoms with van der Waals surface area (Å²) in [5.74, 6) is -1.62. The number of alkyl carbamates (subject to hydrolysis) is 3. The molecule has 12 nitrogen and oxygen atoms in total.